The lowest BCUT2D eigenvalue weighted by Gasteiger charge is -2.01. The molecule has 0 bridgehead atoms. The van der Waals surface area contributed by atoms with Gasteiger partial charge in [-0.1, -0.05) is 6.07 Å². The molecule has 0 aliphatic rings. The first-order valence-electron chi connectivity index (χ1n) is 2.88. The highest BCUT2D eigenvalue weighted by Crippen LogP contribution is 2.18. The Morgan fingerprint density at radius 3 is 2.17 bits per heavy atom. The minimum atomic E-state index is -4.89. The molecule has 0 amide bonds. The summed E-state index contributed by atoms with van der Waals surface area (Å²) in [6.45, 7) is 0. The van der Waals surface area contributed by atoms with Gasteiger partial charge in [0, 0.05) is 6.07 Å². The minimum absolute atomic E-state index is 0.697. The van der Waals surface area contributed by atoms with Crippen LogP contribution in [0.5, 0.6) is 0 Å². The molecule has 5 N–H and O–H groups in total. The molecule has 0 radical (unpaired) electrons. The van der Waals surface area contributed by atoms with Crippen molar-refractivity contribution < 1.29 is 24.2 Å². The zero-order chi connectivity index (χ0) is 9.61. The number of hydrogen-bond acceptors (Lipinski definition) is 3. The van der Waals surface area contributed by atoms with Gasteiger partial charge in [-0.25, -0.2) is 4.98 Å². The van der Waals surface area contributed by atoms with E-state index in [-0.39, 0.29) is 0 Å². The highest BCUT2D eigenvalue weighted by atomic mass is 31.2. The van der Waals surface area contributed by atoms with E-state index in [1.54, 1.807) is 12.3 Å². The monoisotopic (exact) mass is 192 g/mol. The van der Waals surface area contributed by atoms with E-state index in [9.17, 15) is 0 Å². The van der Waals surface area contributed by atoms with Crippen molar-refractivity contribution in [1.82, 2.24) is 0 Å². The Bertz CT molecular complexity index is 251. The first-order chi connectivity index (χ1) is 5.39. The number of aromatic nitrogens is 1. The van der Waals surface area contributed by atoms with E-state index in [0.717, 1.165) is 0 Å². The van der Waals surface area contributed by atoms with Gasteiger partial charge in [0.2, 0.25) is 0 Å². The quantitative estimate of drug-likeness (QED) is 0.433. The van der Waals surface area contributed by atoms with Crippen molar-refractivity contribution in [3.63, 3.8) is 0 Å². The highest BCUT2D eigenvalue weighted by Gasteiger charge is 1.82. The second-order valence-electron chi connectivity index (χ2n) is 1.81. The van der Waals surface area contributed by atoms with Crippen molar-refractivity contribution in [1.29, 1.82) is 0 Å². The van der Waals surface area contributed by atoms with Gasteiger partial charge in [-0.3, -0.25) is 10.3 Å². The standard InChI is InChI=1S/C5H6N2.H3O4P/c6-5-3-1-2-4-7-5;1-5(2,3)4/h1-4H,(H2,6,7);(H3,1,2,3,4). The summed E-state index contributed by atoms with van der Waals surface area (Å²) in [5.41, 5.74) is 5.30. The number of nitrogens with one attached hydrogen (secondary N) is 1. The fourth-order valence-corrected chi connectivity index (χ4v) is 0.407. The molecule has 0 unspecified atom stereocenters. The molecular weight excluding hydrogens is 183 g/mol. The fourth-order valence-electron chi connectivity index (χ4n) is 0.407. The number of rotatable bonds is 0. The lowest BCUT2D eigenvalue weighted by atomic mass is 10.5. The molecule has 12 heavy (non-hydrogen) atoms. The van der Waals surface area contributed by atoms with E-state index in [0.29, 0.717) is 5.82 Å². The Morgan fingerprint density at radius 2 is 2.00 bits per heavy atom. The summed E-state index contributed by atoms with van der Waals surface area (Å²) in [4.78, 5) is 25.7. The number of nitrogen functional groups attached to an aromatic ring is 1. The summed E-state index contributed by atoms with van der Waals surface area (Å²) in [7, 11) is -4.89. The molecule has 0 spiro atoms. The number of anilines is 1. The van der Waals surface area contributed by atoms with Gasteiger partial charge in [0.25, 0.3) is 13.6 Å². The summed E-state index contributed by atoms with van der Waals surface area (Å²) >= 11 is 0. The van der Waals surface area contributed by atoms with Gasteiger partial charge in [-0.15, -0.1) is 0 Å². The second-order valence-corrected chi connectivity index (χ2v) is 2.79. The van der Waals surface area contributed by atoms with Crippen LogP contribution in [0.25, 0.3) is 0 Å². The topological polar surface area (TPSA) is 121 Å². The molecule has 0 atom stereocenters. The molecule has 1 rings (SSSR count). The van der Waals surface area contributed by atoms with Gasteiger partial charge in [-0.2, -0.15) is 0 Å². The molecule has 6 nitrogen and oxygen atoms in total. The molecule has 0 fully saturated rings. The van der Waals surface area contributed by atoms with Crippen LogP contribution in [0.4, 0.5) is 5.82 Å². The maximum Gasteiger partial charge on any atom is 0.269 e. The van der Waals surface area contributed by atoms with Crippen molar-refractivity contribution >= 4 is 13.6 Å². The van der Waals surface area contributed by atoms with E-state index in [1.807, 2.05) is 12.1 Å². The van der Waals surface area contributed by atoms with Crippen molar-refractivity contribution in [2.75, 3.05) is 5.73 Å². The van der Waals surface area contributed by atoms with E-state index in [1.165, 1.54) is 0 Å². The Balaban J connectivity index is 0.000000217. The molecule has 0 aliphatic heterocycles. The van der Waals surface area contributed by atoms with E-state index >= 15 is 0 Å². The number of pyridine rings is 1. The number of aromatic amines is 1. The molecule has 7 heteroatoms. The summed E-state index contributed by atoms with van der Waals surface area (Å²) < 4.78 is 8.77. The smallest absolute Gasteiger partial charge is 0.269 e. The Labute approximate surface area is 68.9 Å². The lowest BCUT2D eigenvalue weighted by molar-refractivity contribution is -0.360. The summed E-state index contributed by atoms with van der Waals surface area (Å²) in [6.07, 6.45) is 1.79. The van der Waals surface area contributed by atoms with Crippen molar-refractivity contribution in [2.45, 2.75) is 0 Å². The van der Waals surface area contributed by atoms with Crippen LogP contribution in [0, 0.1) is 0 Å². The van der Waals surface area contributed by atoms with Crippen LogP contribution in [0.1, 0.15) is 0 Å². The van der Waals surface area contributed by atoms with Gasteiger partial charge >= 0.3 is 0 Å². The van der Waals surface area contributed by atoms with Crippen LogP contribution < -0.4 is 15.6 Å². The minimum Gasteiger partial charge on any atom is -0.756 e. The Kier molecular flexibility index (Phi) is 4.46. The van der Waals surface area contributed by atoms with E-state index in [2.05, 4.69) is 4.98 Å². The van der Waals surface area contributed by atoms with Crippen LogP contribution in [0.3, 0.4) is 0 Å². The van der Waals surface area contributed by atoms with E-state index in [4.69, 9.17) is 25.0 Å². The van der Waals surface area contributed by atoms with Gasteiger partial charge in [0.05, 0.1) is 6.20 Å². The molecule has 1 aromatic rings. The largest absolute Gasteiger partial charge is 0.756 e. The normalized spacial score (nSPS) is 9.92. The maximum absolute atomic E-state index is 8.77. The molecular formula is C5H9N2O4P. The van der Waals surface area contributed by atoms with Crippen LogP contribution in [-0.4, -0.2) is 9.79 Å². The third-order valence-electron chi connectivity index (χ3n) is 0.733. The molecule has 1 heterocycles. The second kappa shape index (κ2) is 4.84. The van der Waals surface area contributed by atoms with Crippen LogP contribution in [0.2, 0.25) is 0 Å². The van der Waals surface area contributed by atoms with Gasteiger partial charge in [0.15, 0.2) is 0 Å². The summed E-state index contributed by atoms with van der Waals surface area (Å²) in [5.74, 6) is 0.697. The zero-order valence-corrected chi connectivity index (χ0v) is 6.94. The summed E-state index contributed by atoms with van der Waals surface area (Å²) in [6, 6.07) is 5.57. The van der Waals surface area contributed by atoms with Gasteiger partial charge < -0.3 is 14.7 Å². The summed E-state index contributed by atoms with van der Waals surface area (Å²) in [5, 5.41) is 0. The average Bonchev–Trinajstić information content (AvgIpc) is 1.85. The molecule has 68 valence electrons. The van der Waals surface area contributed by atoms with Crippen molar-refractivity contribution in [3.8, 4) is 0 Å². The third-order valence-corrected chi connectivity index (χ3v) is 0.733. The molecule has 0 aliphatic carbocycles. The zero-order valence-electron chi connectivity index (χ0n) is 6.04. The van der Waals surface area contributed by atoms with Gasteiger partial charge in [0.1, 0.15) is 0 Å². The first kappa shape index (κ1) is 11.1. The van der Waals surface area contributed by atoms with Crippen molar-refractivity contribution in [3.05, 3.63) is 24.4 Å². The molecule has 1 aromatic heterocycles. The molecule has 0 saturated heterocycles. The fraction of sp³-hybridized carbons (Fsp3) is 0. The average molecular weight is 192 g/mol. The SMILES string of the molecule is Nc1cccc[nH+]1.O=P([O-])(O)O. The van der Waals surface area contributed by atoms with Crippen LogP contribution in [-0.2, 0) is 4.57 Å². The number of phosphoric acid groups is 1. The van der Waals surface area contributed by atoms with Gasteiger partial charge in [-0.05, 0) is 6.07 Å². The highest BCUT2D eigenvalue weighted by molar-refractivity contribution is 7.43. The molecule has 0 saturated carbocycles. The Hall–Kier alpha value is -0.940. The number of hydrogen-bond donors (Lipinski definition) is 3. The molecule has 0 aromatic carbocycles. The Morgan fingerprint density at radius 1 is 1.50 bits per heavy atom. The van der Waals surface area contributed by atoms with E-state index < -0.39 is 7.82 Å². The predicted octanol–water partition coefficient (Wildman–Crippen LogP) is -1.48. The lowest BCUT2D eigenvalue weighted by Crippen LogP contribution is -2.06. The number of H-pyrrole nitrogens is 1. The predicted molar refractivity (Wildman–Crippen MR) is 39.5 cm³/mol. The maximum atomic E-state index is 8.77. The van der Waals surface area contributed by atoms with Crippen LogP contribution in [0.15, 0.2) is 24.4 Å². The first-order valence-corrected chi connectivity index (χ1v) is 4.41. The van der Waals surface area contributed by atoms with Crippen LogP contribution >= 0.6 is 7.82 Å². The number of nitrogens with two attached hydrogens (primary N) is 1. The third kappa shape index (κ3) is 11.8. The van der Waals surface area contributed by atoms with Crippen molar-refractivity contribution in [2.24, 2.45) is 0 Å².